The summed E-state index contributed by atoms with van der Waals surface area (Å²) in [5, 5.41) is 26.8. The number of carboxylic acid groups (broad SMARTS) is 1. The fourth-order valence-corrected chi connectivity index (χ4v) is 4.50. The van der Waals surface area contributed by atoms with Crippen LogP contribution in [0, 0.1) is 0 Å². The molecule has 0 aliphatic carbocycles. The summed E-state index contributed by atoms with van der Waals surface area (Å²) in [4.78, 5) is 40.9. The van der Waals surface area contributed by atoms with Crippen LogP contribution in [0.15, 0.2) is 34.5 Å². The van der Waals surface area contributed by atoms with Crippen LogP contribution in [0.2, 0.25) is 0 Å². The minimum absolute atomic E-state index is 0. The standard InChI is InChI=1S/C14H13N5O5S2.CH4.K/c1-2-5-3-25-12-8(11(21)19(12)9(5)13(22)23)17-10(20)7(18-24)6-4-26-14(15)16-6;;/h2,4,8,12,24H,1,3H2,(H2,15,16)(H,17,20)(H,22,23);1H4;/q;;+1/p-1/b18-7-;;. The third-order valence-corrected chi connectivity index (χ3v) is 5.78. The van der Waals surface area contributed by atoms with Crippen LogP contribution in [0.5, 0.6) is 0 Å². The summed E-state index contributed by atoms with van der Waals surface area (Å²) in [7, 11) is 0. The first-order chi connectivity index (χ1) is 12.4. The number of thioether (sulfide) groups is 1. The van der Waals surface area contributed by atoms with Gasteiger partial charge in [0.05, 0.1) is 11.7 Å². The van der Waals surface area contributed by atoms with E-state index in [-0.39, 0.29) is 75.3 Å². The second-order valence-corrected chi connectivity index (χ2v) is 7.24. The fraction of sp³-hybridized carbons (Fsp3) is 0.267. The quantitative estimate of drug-likeness (QED) is 0.135. The Hall–Kier alpha value is -1.22. The molecular weight excluding hydrogens is 433 g/mol. The largest absolute Gasteiger partial charge is 1.00 e. The number of oxime groups is 1. The van der Waals surface area contributed by atoms with Gasteiger partial charge in [-0.15, -0.1) is 23.1 Å². The average molecular weight is 450 g/mol. The Balaban J connectivity index is 0.00000196. The van der Waals surface area contributed by atoms with Crippen molar-refractivity contribution in [2.24, 2.45) is 5.16 Å². The molecule has 10 nitrogen and oxygen atoms in total. The molecule has 3 rings (SSSR count). The van der Waals surface area contributed by atoms with Gasteiger partial charge < -0.3 is 26.2 Å². The number of β-lactam (4-membered cyclic amide) rings is 1. The maximum absolute atomic E-state index is 12.4. The number of hydrogen-bond donors (Lipinski definition) is 3. The van der Waals surface area contributed by atoms with Crippen LogP contribution in [-0.2, 0) is 14.4 Å². The summed E-state index contributed by atoms with van der Waals surface area (Å²) in [5.74, 6) is -2.62. The zero-order valence-corrected chi connectivity index (χ0v) is 18.8. The van der Waals surface area contributed by atoms with Gasteiger partial charge in [0, 0.05) is 11.1 Å². The Kier molecular flexibility index (Phi) is 8.86. The number of nitrogens with two attached hydrogens (primary N) is 1. The van der Waals surface area contributed by atoms with Gasteiger partial charge in [0.2, 0.25) is 0 Å². The molecule has 28 heavy (non-hydrogen) atoms. The molecule has 1 aromatic heterocycles. The first kappa shape index (κ1) is 24.8. The Morgan fingerprint density at radius 1 is 1.54 bits per heavy atom. The van der Waals surface area contributed by atoms with Gasteiger partial charge in [-0.1, -0.05) is 25.2 Å². The van der Waals surface area contributed by atoms with E-state index >= 15 is 0 Å². The number of nitrogen functional groups attached to an aromatic ring is 1. The van der Waals surface area contributed by atoms with Gasteiger partial charge in [0.15, 0.2) is 10.8 Å². The van der Waals surface area contributed by atoms with Crippen LogP contribution in [-0.4, -0.2) is 55.8 Å². The molecule has 0 radical (unpaired) electrons. The molecule has 2 amide bonds. The third-order valence-electron chi connectivity index (χ3n) is 3.80. The number of thiazole rings is 1. The van der Waals surface area contributed by atoms with Crippen LogP contribution in [0.4, 0.5) is 5.13 Å². The van der Waals surface area contributed by atoms with Gasteiger partial charge in [0.1, 0.15) is 17.1 Å². The molecule has 13 heteroatoms. The minimum Gasteiger partial charge on any atom is -0.543 e. The molecular formula is C15H16KN5O5S2. The fourth-order valence-electron chi connectivity index (χ4n) is 2.61. The van der Waals surface area contributed by atoms with Crippen molar-refractivity contribution in [3.63, 3.8) is 0 Å². The van der Waals surface area contributed by atoms with Crippen LogP contribution in [0.3, 0.4) is 0 Å². The number of nitrogens with one attached hydrogen (secondary N) is 1. The number of fused-ring (bicyclic) bond motifs is 1. The molecule has 0 saturated carbocycles. The van der Waals surface area contributed by atoms with Crippen molar-refractivity contribution >= 4 is 51.7 Å². The predicted molar refractivity (Wildman–Crippen MR) is 98.8 cm³/mol. The molecule has 2 unspecified atom stereocenters. The monoisotopic (exact) mass is 449 g/mol. The van der Waals surface area contributed by atoms with E-state index in [9.17, 15) is 19.5 Å². The third kappa shape index (κ3) is 4.35. The van der Waals surface area contributed by atoms with Crippen LogP contribution < -0.4 is 67.5 Å². The van der Waals surface area contributed by atoms with E-state index < -0.39 is 34.9 Å². The van der Waals surface area contributed by atoms with Gasteiger partial charge in [0.25, 0.3) is 11.8 Å². The molecule has 144 valence electrons. The van der Waals surface area contributed by atoms with Crippen molar-refractivity contribution in [2.45, 2.75) is 18.8 Å². The zero-order valence-electron chi connectivity index (χ0n) is 14.0. The topological polar surface area (TPSA) is 161 Å². The smallest absolute Gasteiger partial charge is 0.543 e. The van der Waals surface area contributed by atoms with Crippen molar-refractivity contribution in [1.82, 2.24) is 15.2 Å². The first-order valence-corrected chi connectivity index (χ1v) is 9.07. The Morgan fingerprint density at radius 2 is 2.21 bits per heavy atom. The summed E-state index contributed by atoms with van der Waals surface area (Å²) >= 11 is 2.33. The second kappa shape index (κ2) is 10.0. The van der Waals surface area contributed by atoms with Gasteiger partial charge >= 0.3 is 51.4 Å². The Labute approximate surface area is 211 Å². The molecule has 1 saturated heterocycles. The van der Waals surface area contributed by atoms with E-state index in [1.165, 1.54) is 23.2 Å². The second-order valence-electron chi connectivity index (χ2n) is 5.25. The van der Waals surface area contributed by atoms with E-state index in [1.54, 1.807) is 0 Å². The molecule has 2 aliphatic rings. The molecule has 2 atom stereocenters. The Morgan fingerprint density at radius 3 is 2.71 bits per heavy atom. The molecule has 0 bridgehead atoms. The van der Waals surface area contributed by atoms with Gasteiger partial charge in [-0.3, -0.25) is 14.5 Å². The van der Waals surface area contributed by atoms with Gasteiger partial charge in [-0.05, 0) is 5.57 Å². The van der Waals surface area contributed by atoms with E-state index in [2.05, 4.69) is 22.0 Å². The summed E-state index contributed by atoms with van der Waals surface area (Å²) in [6.07, 6.45) is 1.36. The number of carbonyl (C=O) groups is 3. The van der Waals surface area contributed by atoms with E-state index in [4.69, 9.17) is 10.9 Å². The van der Waals surface area contributed by atoms with Crippen molar-refractivity contribution in [3.05, 3.63) is 35.0 Å². The number of hydrogen-bond acceptors (Lipinski definition) is 10. The summed E-state index contributed by atoms with van der Waals surface area (Å²) in [6, 6.07) is -0.971. The SMILES string of the molecule is C.C=CC1=C(C(=O)[O-])N2C(=O)C(NC(=O)/C(=N\O)c3csc(N)n3)C2SC1.[K+]. The van der Waals surface area contributed by atoms with E-state index in [0.717, 1.165) is 16.2 Å². The number of rotatable bonds is 5. The maximum Gasteiger partial charge on any atom is 1.00 e. The van der Waals surface area contributed by atoms with Gasteiger partial charge in [-0.2, -0.15) is 0 Å². The molecule has 4 N–H and O–H groups in total. The van der Waals surface area contributed by atoms with Crippen LogP contribution >= 0.6 is 23.1 Å². The molecule has 2 aliphatic heterocycles. The average Bonchev–Trinajstić information content (AvgIpc) is 3.04. The number of aromatic nitrogens is 1. The van der Waals surface area contributed by atoms with Crippen molar-refractivity contribution in [2.75, 3.05) is 11.5 Å². The molecule has 1 fully saturated rings. The molecule has 0 spiro atoms. The number of carboxylic acids is 1. The number of aliphatic carboxylic acids is 1. The van der Waals surface area contributed by atoms with Crippen LogP contribution in [0.1, 0.15) is 13.1 Å². The van der Waals surface area contributed by atoms with Crippen molar-refractivity contribution in [1.29, 1.82) is 0 Å². The number of amides is 2. The number of carbonyl (C=O) groups excluding carboxylic acids is 3. The van der Waals surface area contributed by atoms with Gasteiger partial charge in [-0.25, -0.2) is 4.98 Å². The van der Waals surface area contributed by atoms with Crippen molar-refractivity contribution in [3.8, 4) is 0 Å². The van der Waals surface area contributed by atoms with Crippen molar-refractivity contribution < 1.29 is 76.1 Å². The Bertz CT molecular complexity index is 884. The number of nitrogens with zero attached hydrogens (tertiary/aromatic N) is 3. The minimum atomic E-state index is -1.49. The summed E-state index contributed by atoms with van der Waals surface area (Å²) in [6.45, 7) is 3.53. The normalized spacial score (nSPS) is 20.9. The predicted octanol–water partition coefficient (Wildman–Crippen LogP) is -3.87. The summed E-state index contributed by atoms with van der Waals surface area (Å²) < 4.78 is 0. The molecule has 3 heterocycles. The first-order valence-electron chi connectivity index (χ1n) is 7.15. The van der Waals surface area contributed by atoms with E-state index in [1.807, 2.05) is 0 Å². The molecule has 1 aromatic rings. The van der Waals surface area contributed by atoms with Crippen LogP contribution in [0.25, 0.3) is 0 Å². The zero-order chi connectivity index (χ0) is 19.0. The van der Waals surface area contributed by atoms with E-state index in [0.29, 0.717) is 11.3 Å². The molecule has 0 aromatic carbocycles. The number of allylic oxidation sites excluding steroid dienone is 1. The maximum atomic E-state index is 12.4. The summed E-state index contributed by atoms with van der Waals surface area (Å²) in [5.41, 5.74) is 5.29. The number of anilines is 1.